The maximum absolute atomic E-state index is 12.2. The summed E-state index contributed by atoms with van der Waals surface area (Å²) in [5.41, 5.74) is 3.02. The highest BCUT2D eigenvalue weighted by atomic mass is 32.1. The third-order valence-corrected chi connectivity index (χ3v) is 4.73. The predicted molar refractivity (Wildman–Crippen MR) is 93.4 cm³/mol. The molecule has 25 heavy (non-hydrogen) atoms. The molecule has 1 aliphatic heterocycles. The first kappa shape index (κ1) is 15.6. The number of hydrogen-bond acceptors (Lipinski definition) is 6. The van der Waals surface area contributed by atoms with Crippen LogP contribution in [0, 0.1) is 6.92 Å². The number of benzene rings is 1. The topological polar surface area (TPSA) is 78.3 Å². The lowest BCUT2D eigenvalue weighted by molar-refractivity contribution is 0.0759. The molecule has 128 valence electrons. The molecule has 0 aliphatic carbocycles. The van der Waals surface area contributed by atoms with E-state index < -0.39 is 0 Å². The van der Waals surface area contributed by atoms with Gasteiger partial charge in [0.15, 0.2) is 17.6 Å². The Labute approximate surface area is 148 Å². The van der Waals surface area contributed by atoms with E-state index in [1.807, 2.05) is 31.2 Å². The number of aromatic nitrogens is 3. The van der Waals surface area contributed by atoms with Crippen LogP contribution < -0.4 is 14.8 Å². The highest BCUT2D eigenvalue weighted by Gasteiger charge is 2.21. The number of nitrogens with one attached hydrogen (secondary N) is 1. The van der Waals surface area contributed by atoms with Gasteiger partial charge in [-0.25, -0.2) is 4.98 Å². The molecule has 4 rings (SSSR count). The number of para-hydroxylation sites is 2. The van der Waals surface area contributed by atoms with Crippen molar-refractivity contribution < 1.29 is 14.3 Å². The Kier molecular flexibility index (Phi) is 4.10. The van der Waals surface area contributed by atoms with Crippen LogP contribution in [-0.4, -0.2) is 33.4 Å². The number of ether oxygens (including phenoxy) is 2. The molecule has 0 saturated carbocycles. The quantitative estimate of drug-likeness (QED) is 0.778. The molecule has 1 amide bonds. The second-order valence-electron chi connectivity index (χ2n) is 5.67. The predicted octanol–water partition coefficient (Wildman–Crippen LogP) is 2.74. The Morgan fingerprint density at radius 1 is 1.40 bits per heavy atom. The van der Waals surface area contributed by atoms with Crippen molar-refractivity contribution >= 4 is 22.9 Å². The molecule has 1 aromatic carbocycles. The van der Waals surface area contributed by atoms with E-state index in [9.17, 15) is 4.79 Å². The van der Waals surface area contributed by atoms with E-state index in [2.05, 4.69) is 15.4 Å². The summed E-state index contributed by atoms with van der Waals surface area (Å²) in [4.78, 5) is 16.9. The number of carbonyl (C=O) groups is 1. The highest BCUT2D eigenvalue weighted by molar-refractivity contribution is 7.12. The van der Waals surface area contributed by atoms with Crippen LogP contribution in [0.1, 0.15) is 15.4 Å². The van der Waals surface area contributed by atoms with Crippen LogP contribution in [0.2, 0.25) is 0 Å². The normalized spacial score (nSPS) is 15.8. The van der Waals surface area contributed by atoms with Crippen molar-refractivity contribution in [2.75, 3.05) is 11.9 Å². The summed E-state index contributed by atoms with van der Waals surface area (Å²) < 4.78 is 13.4. The van der Waals surface area contributed by atoms with E-state index in [-0.39, 0.29) is 12.0 Å². The van der Waals surface area contributed by atoms with Crippen LogP contribution in [0.15, 0.2) is 42.2 Å². The third kappa shape index (κ3) is 3.34. The molecule has 7 nitrogen and oxygen atoms in total. The summed E-state index contributed by atoms with van der Waals surface area (Å²) in [6, 6.07) is 7.59. The highest BCUT2D eigenvalue weighted by Crippen LogP contribution is 2.31. The number of amides is 1. The summed E-state index contributed by atoms with van der Waals surface area (Å²) in [5, 5.41) is 7.11. The number of fused-ring (bicyclic) bond motifs is 1. The van der Waals surface area contributed by atoms with E-state index in [1.165, 1.54) is 11.3 Å². The van der Waals surface area contributed by atoms with E-state index >= 15 is 0 Å². The molecule has 0 radical (unpaired) electrons. The van der Waals surface area contributed by atoms with E-state index in [4.69, 9.17) is 9.47 Å². The number of aryl methyl sites for hydroxylation is 1. The fourth-order valence-electron chi connectivity index (χ4n) is 2.60. The van der Waals surface area contributed by atoms with Gasteiger partial charge in [-0.2, -0.15) is 5.10 Å². The van der Waals surface area contributed by atoms with E-state index in [0.29, 0.717) is 23.7 Å². The molecule has 1 unspecified atom stereocenters. The Bertz CT molecular complexity index is 905. The molecule has 8 heteroatoms. The first-order valence-corrected chi connectivity index (χ1v) is 8.69. The Balaban J connectivity index is 1.39. The van der Waals surface area contributed by atoms with E-state index in [1.54, 1.807) is 22.6 Å². The maximum Gasteiger partial charge on any atom is 0.267 e. The number of thiazole rings is 1. The average Bonchev–Trinajstić information content (AvgIpc) is 3.23. The van der Waals surface area contributed by atoms with Gasteiger partial charge in [0.1, 0.15) is 11.5 Å². The maximum atomic E-state index is 12.2. The summed E-state index contributed by atoms with van der Waals surface area (Å²) in [6.45, 7) is 2.80. The van der Waals surface area contributed by atoms with Gasteiger partial charge < -0.3 is 14.8 Å². The second kappa shape index (κ2) is 6.56. The number of rotatable bonds is 4. The molecule has 2 aromatic heterocycles. The SMILES string of the molecule is Cc1ncsc1C(=O)Nc1cnn(CC2COc3ccccc3O2)c1. The lowest BCUT2D eigenvalue weighted by atomic mass is 10.2. The molecule has 1 atom stereocenters. The van der Waals surface area contributed by atoms with Gasteiger partial charge in [0.2, 0.25) is 0 Å². The monoisotopic (exact) mass is 356 g/mol. The van der Waals surface area contributed by atoms with Crippen LogP contribution in [0.5, 0.6) is 11.5 Å². The zero-order valence-electron chi connectivity index (χ0n) is 13.5. The standard InChI is InChI=1S/C17H16N4O3S/c1-11-16(25-10-18-11)17(22)20-12-6-19-21(7-12)8-13-9-23-14-4-2-3-5-15(14)24-13/h2-7,10,13H,8-9H2,1H3,(H,20,22). The molecule has 3 aromatic rings. The van der Waals surface area contributed by atoms with Crippen LogP contribution in [0.25, 0.3) is 0 Å². The molecule has 0 fully saturated rings. The lowest BCUT2D eigenvalue weighted by Crippen LogP contribution is -2.33. The zero-order chi connectivity index (χ0) is 17.2. The van der Waals surface area contributed by atoms with Crippen molar-refractivity contribution in [2.24, 2.45) is 0 Å². The van der Waals surface area contributed by atoms with Crippen molar-refractivity contribution in [3.8, 4) is 11.5 Å². The number of hydrogen-bond donors (Lipinski definition) is 1. The van der Waals surface area contributed by atoms with Gasteiger partial charge in [-0.05, 0) is 19.1 Å². The number of carbonyl (C=O) groups excluding carboxylic acids is 1. The molecule has 0 spiro atoms. The fourth-order valence-corrected chi connectivity index (χ4v) is 3.29. The largest absolute Gasteiger partial charge is 0.486 e. The molecule has 1 aliphatic rings. The molecule has 0 bridgehead atoms. The minimum Gasteiger partial charge on any atom is -0.486 e. The van der Waals surface area contributed by atoms with Gasteiger partial charge in [0.05, 0.1) is 29.6 Å². The van der Waals surface area contributed by atoms with Gasteiger partial charge >= 0.3 is 0 Å². The van der Waals surface area contributed by atoms with Gasteiger partial charge in [-0.15, -0.1) is 11.3 Å². The van der Waals surface area contributed by atoms with Crippen LogP contribution in [-0.2, 0) is 6.54 Å². The number of nitrogens with zero attached hydrogens (tertiary/aromatic N) is 3. The Morgan fingerprint density at radius 3 is 3.04 bits per heavy atom. The van der Waals surface area contributed by atoms with Gasteiger partial charge in [-0.1, -0.05) is 12.1 Å². The minimum atomic E-state index is -0.175. The van der Waals surface area contributed by atoms with Crippen molar-refractivity contribution in [2.45, 2.75) is 19.6 Å². The molecule has 1 N–H and O–H groups in total. The first-order valence-electron chi connectivity index (χ1n) is 7.81. The second-order valence-corrected chi connectivity index (χ2v) is 6.52. The van der Waals surface area contributed by atoms with Crippen LogP contribution in [0.4, 0.5) is 5.69 Å². The van der Waals surface area contributed by atoms with E-state index in [0.717, 1.165) is 17.2 Å². The number of anilines is 1. The average molecular weight is 356 g/mol. The minimum absolute atomic E-state index is 0.137. The van der Waals surface area contributed by atoms with Crippen molar-refractivity contribution in [1.29, 1.82) is 0 Å². The smallest absolute Gasteiger partial charge is 0.267 e. The van der Waals surface area contributed by atoms with Gasteiger partial charge in [0, 0.05) is 6.20 Å². The molecular weight excluding hydrogens is 340 g/mol. The summed E-state index contributed by atoms with van der Waals surface area (Å²) in [6.07, 6.45) is 3.26. The molecule has 0 saturated heterocycles. The summed E-state index contributed by atoms with van der Waals surface area (Å²) in [5.74, 6) is 1.32. The summed E-state index contributed by atoms with van der Waals surface area (Å²) >= 11 is 1.32. The van der Waals surface area contributed by atoms with Crippen molar-refractivity contribution in [3.63, 3.8) is 0 Å². The third-order valence-electron chi connectivity index (χ3n) is 3.80. The van der Waals surface area contributed by atoms with Crippen LogP contribution in [0.3, 0.4) is 0 Å². The van der Waals surface area contributed by atoms with Gasteiger partial charge in [-0.3, -0.25) is 9.48 Å². The summed E-state index contributed by atoms with van der Waals surface area (Å²) in [7, 11) is 0. The van der Waals surface area contributed by atoms with Crippen molar-refractivity contribution in [1.82, 2.24) is 14.8 Å². The Hall–Kier alpha value is -2.87. The zero-order valence-corrected chi connectivity index (χ0v) is 14.3. The lowest BCUT2D eigenvalue weighted by Gasteiger charge is -2.26. The van der Waals surface area contributed by atoms with Crippen molar-refractivity contribution in [3.05, 3.63) is 52.7 Å². The molecule has 3 heterocycles. The fraction of sp³-hybridized carbons (Fsp3) is 0.235. The Morgan fingerprint density at radius 2 is 2.24 bits per heavy atom. The first-order chi connectivity index (χ1) is 12.2. The molecular formula is C17H16N4O3S. The van der Waals surface area contributed by atoms with Gasteiger partial charge in [0.25, 0.3) is 5.91 Å². The van der Waals surface area contributed by atoms with Crippen LogP contribution >= 0.6 is 11.3 Å².